The highest BCUT2D eigenvalue weighted by molar-refractivity contribution is 6.62. The first kappa shape index (κ1) is 98.1. The van der Waals surface area contributed by atoms with Crippen molar-refractivity contribution < 1.29 is 110 Å². The molecule has 11 aromatic rings. The number of esters is 4. The van der Waals surface area contributed by atoms with E-state index in [2.05, 4.69) is 9.97 Å². The van der Waals surface area contributed by atoms with Gasteiger partial charge in [-0.25, -0.2) is 29.9 Å². The average Bonchev–Trinajstić information content (AvgIpc) is 1.58. The van der Waals surface area contributed by atoms with Crippen LogP contribution in [0.25, 0.3) is 89.7 Å². The standard InChI is InChI=1S/C96H114N8O24Si4/c1-13-113-129(114-14-2,115-15-3)53-49-81(105)109-61-65-33-25-37-69(57-65)125-77-45-29-41-73-85(77)93-98-89(73)97-90-74-42-30-47-79(127-71-39-27-35-67(59-71)63-111-83(107)51-55-131(119-19-7,120-20-8)121-21-9)87(74)95(99-90)104-96-88-76(44-32-48-80(88)128-72-40-28-36-68(60-72)64-112-84(108)52-56-132(122-22-10,123-23-11)124-24-12)92(103-96)102-94-86-75(91(100-93)101-94)43-31-46-78(86)126-70-38-26-34-66(58-70)62-110-82(106)50-54-130(116-16-4,117-17-5)118-18-6/h25-48,57-60H,13-24,49-56,61-64H2,1-12H3,(H2,97,98,99,100,101,102,103,104). The number of nitrogens with zero attached hydrogens (tertiary/aromatic N) is 6. The van der Waals surface area contributed by atoms with E-state index in [1.165, 1.54) is 0 Å². The Morgan fingerprint density at radius 3 is 0.780 bits per heavy atom. The van der Waals surface area contributed by atoms with Crippen molar-refractivity contribution in [2.75, 3.05) is 79.3 Å². The topological polar surface area (TPSA) is 362 Å². The number of H-pyrrole nitrogens is 2. The molecule has 8 bridgehead atoms. The minimum Gasteiger partial charge on any atom is -0.461 e. The predicted octanol–water partition coefficient (Wildman–Crippen LogP) is 20.0. The molecule has 0 aliphatic carbocycles. The zero-order valence-corrected chi connectivity index (χ0v) is 80.6. The number of hydrogen-bond donors (Lipinski definition) is 2. The van der Waals surface area contributed by atoms with Crippen LogP contribution in [0.3, 0.4) is 0 Å². The van der Waals surface area contributed by atoms with Gasteiger partial charge in [-0.1, -0.05) is 97.1 Å². The molecule has 698 valence electrons. The molecular formula is C96H114N8O24Si4. The van der Waals surface area contributed by atoms with Gasteiger partial charge in [-0.2, -0.15) is 0 Å². The molecule has 0 spiro atoms. The number of rotatable bonds is 52. The first-order valence-electron chi connectivity index (χ1n) is 45.0. The Morgan fingerprint density at radius 2 is 0.500 bits per heavy atom. The predicted molar refractivity (Wildman–Crippen MR) is 502 cm³/mol. The number of fused-ring (bicyclic) bond motifs is 20. The Hall–Kier alpha value is -11.4. The highest BCUT2D eigenvalue weighted by Crippen LogP contribution is 2.47. The van der Waals surface area contributed by atoms with Crippen LogP contribution >= 0.6 is 0 Å². The van der Waals surface area contributed by atoms with Crippen LogP contribution in [-0.2, 0) is 118 Å². The average molecular weight is 1880 g/mol. The van der Waals surface area contributed by atoms with Crippen molar-refractivity contribution >= 4 is 103 Å². The normalized spacial score (nSPS) is 12.1. The fraction of sp³-hybridized carbons (Fsp3) is 0.375. The minimum absolute atomic E-state index is 0.0105. The lowest BCUT2D eigenvalue weighted by molar-refractivity contribution is -0.145. The number of benzene rings is 8. The monoisotopic (exact) mass is 1870 g/mol. The number of aromatic amines is 2. The molecule has 5 heterocycles. The van der Waals surface area contributed by atoms with Gasteiger partial charge in [-0.05, 0) is 178 Å². The molecule has 36 heteroatoms. The van der Waals surface area contributed by atoms with Crippen molar-refractivity contribution in [2.24, 2.45) is 0 Å². The Morgan fingerprint density at radius 1 is 0.265 bits per heavy atom. The van der Waals surface area contributed by atoms with Gasteiger partial charge >= 0.3 is 59.1 Å². The molecule has 8 aromatic carbocycles. The lowest BCUT2D eigenvalue weighted by Gasteiger charge is -2.28. The molecule has 0 saturated carbocycles. The molecule has 13 rings (SSSR count). The number of carbonyl (C=O) groups is 4. The number of hydrogen-bond acceptors (Lipinski definition) is 30. The molecule has 3 aromatic heterocycles. The highest BCUT2D eigenvalue weighted by atomic mass is 28.4. The van der Waals surface area contributed by atoms with Gasteiger partial charge in [0.05, 0.1) is 21.9 Å². The molecule has 0 saturated heterocycles. The molecule has 0 radical (unpaired) electrons. The van der Waals surface area contributed by atoms with Crippen LogP contribution in [0.2, 0.25) is 24.2 Å². The minimum atomic E-state index is -3.16. The third kappa shape index (κ3) is 24.9. The lowest BCUT2D eigenvalue weighted by Crippen LogP contribution is -2.46. The van der Waals surface area contributed by atoms with Crippen molar-refractivity contribution in [3.8, 4) is 91.5 Å². The zero-order valence-electron chi connectivity index (χ0n) is 76.6. The summed E-state index contributed by atoms with van der Waals surface area (Å²) in [6.45, 7) is 26.4. The number of aromatic nitrogens is 8. The van der Waals surface area contributed by atoms with E-state index >= 15 is 0 Å². The van der Waals surface area contributed by atoms with Gasteiger partial charge in [-0.15, -0.1) is 0 Å². The number of carbonyl (C=O) groups excluding carboxylic acids is 4. The molecular weight excluding hydrogens is 1760 g/mol. The van der Waals surface area contributed by atoms with Crippen LogP contribution < -0.4 is 18.9 Å². The molecule has 0 fully saturated rings. The van der Waals surface area contributed by atoms with E-state index in [1.54, 1.807) is 54.6 Å². The van der Waals surface area contributed by atoms with Gasteiger partial charge in [0.2, 0.25) is 0 Å². The van der Waals surface area contributed by atoms with Gasteiger partial charge in [0.1, 0.15) is 95.0 Å². The first-order valence-corrected chi connectivity index (χ1v) is 52.7. The molecule has 132 heavy (non-hydrogen) atoms. The van der Waals surface area contributed by atoms with Crippen LogP contribution in [0.5, 0.6) is 46.0 Å². The molecule has 0 amide bonds. The van der Waals surface area contributed by atoms with Gasteiger partial charge in [0.15, 0.2) is 23.3 Å². The number of nitrogens with one attached hydrogen (secondary N) is 2. The maximum atomic E-state index is 13.5. The summed E-state index contributed by atoms with van der Waals surface area (Å²) in [6.07, 6.45) is 0.0499. The number of ether oxygens (including phenoxy) is 8. The summed E-state index contributed by atoms with van der Waals surface area (Å²) in [5.74, 6) is 1.91. The van der Waals surface area contributed by atoms with Gasteiger partial charge < -0.3 is 101 Å². The van der Waals surface area contributed by atoms with E-state index in [0.29, 0.717) is 197 Å². The maximum absolute atomic E-state index is 13.5. The Labute approximate surface area is 771 Å². The van der Waals surface area contributed by atoms with Crippen molar-refractivity contribution in [1.82, 2.24) is 39.9 Å². The van der Waals surface area contributed by atoms with E-state index in [1.807, 2.05) is 198 Å². The second kappa shape index (κ2) is 47.3. The second-order valence-corrected chi connectivity index (χ2v) is 40.8. The van der Waals surface area contributed by atoms with E-state index in [-0.39, 0.29) is 117 Å². The van der Waals surface area contributed by atoms with Gasteiger partial charge in [-0.3, -0.25) is 19.2 Å². The largest absolute Gasteiger partial charge is 0.501 e. The van der Waals surface area contributed by atoms with E-state index in [4.69, 9.17) is 121 Å². The van der Waals surface area contributed by atoms with Crippen LogP contribution in [0.15, 0.2) is 170 Å². The summed E-state index contributed by atoms with van der Waals surface area (Å²) in [4.78, 5) is 93.9. The zero-order chi connectivity index (χ0) is 93.0. The van der Waals surface area contributed by atoms with Crippen molar-refractivity contribution in [3.63, 3.8) is 0 Å². The maximum Gasteiger partial charge on any atom is 0.501 e. The van der Waals surface area contributed by atoms with Crippen LogP contribution in [0.4, 0.5) is 0 Å². The third-order valence-electron chi connectivity index (χ3n) is 20.8. The molecule has 32 nitrogen and oxygen atoms in total. The molecule has 0 unspecified atom stereocenters. The Balaban J connectivity index is 0.942. The SMILES string of the molecule is CCO[Si](CCC(=O)OCc1cccc(Oc2cccc3c2-c2nc-3nc3[nH]c(nc4nc(nc5[nH]c(n2)c2cccc(Oc6cccc(COC(=O)CC[Si](OCC)(OCC)OCC)c6)c52)-c2c(Oc5cccc(COC(=O)CC[Si](OCC)(OCC)OCC)c5)cccc2-4)c2cccc(Oc4cccc(COC(=O)CC[Si](OCC)(OCC)OCC)c4)c32)c1)(OCC)OCC. The third-order valence-corrected chi connectivity index (χ3v) is 33.0. The lowest BCUT2D eigenvalue weighted by atomic mass is 10.1. The van der Waals surface area contributed by atoms with Crippen LogP contribution in [0.1, 0.15) is 131 Å². The fourth-order valence-electron chi connectivity index (χ4n) is 15.5. The van der Waals surface area contributed by atoms with Crippen LogP contribution in [0, 0.1) is 0 Å². The van der Waals surface area contributed by atoms with Crippen LogP contribution in [-0.4, -0.2) is 178 Å². The summed E-state index contributed by atoms with van der Waals surface area (Å²) in [5.41, 5.74) is 5.63. The summed E-state index contributed by atoms with van der Waals surface area (Å²) in [5, 5.41) is 2.06. The second-order valence-electron chi connectivity index (χ2n) is 29.9. The van der Waals surface area contributed by atoms with Gasteiger partial charge in [0, 0.05) is 151 Å². The molecule has 2 aliphatic rings. The molecule has 2 aliphatic heterocycles. The fourth-order valence-corrected chi connectivity index (χ4v) is 25.5. The smallest absolute Gasteiger partial charge is 0.461 e. The molecule has 2 N–H and O–H groups in total. The summed E-state index contributed by atoms with van der Waals surface area (Å²) in [7, 11) is -12.6. The van der Waals surface area contributed by atoms with Crippen molar-refractivity contribution in [3.05, 3.63) is 192 Å². The van der Waals surface area contributed by atoms with Crippen molar-refractivity contribution in [2.45, 2.75) is 159 Å². The summed E-state index contributed by atoms with van der Waals surface area (Å²) in [6, 6.07) is 52.0. The highest BCUT2D eigenvalue weighted by Gasteiger charge is 2.45. The van der Waals surface area contributed by atoms with E-state index in [9.17, 15) is 19.2 Å². The van der Waals surface area contributed by atoms with Crippen molar-refractivity contribution in [1.29, 1.82) is 0 Å². The first-order chi connectivity index (χ1) is 64.3. The summed E-state index contributed by atoms with van der Waals surface area (Å²) >= 11 is 0. The summed E-state index contributed by atoms with van der Waals surface area (Å²) < 4.78 is 124. The van der Waals surface area contributed by atoms with Gasteiger partial charge in [0.25, 0.3) is 0 Å². The van der Waals surface area contributed by atoms with E-state index in [0.717, 1.165) is 0 Å². The van der Waals surface area contributed by atoms with E-state index < -0.39 is 59.1 Å². The Bertz CT molecular complexity index is 5920. The Kier molecular flexibility index (Phi) is 35.1. The quantitative estimate of drug-likeness (QED) is 0.0203. The molecule has 0 atom stereocenters.